The molecule has 2 heteroatoms. The van der Waals surface area contributed by atoms with Crippen LogP contribution < -0.4 is 4.90 Å². The van der Waals surface area contributed by atoms with Gasteiger partial charge < -0.3 is 9.47 Å². The van der Waals surface area contributed by atoms with Crippen molar-refractivity contribution in [2.24, 2.45) is 0 Å². The fourth-order valence-corrected chi connectivity index (χ4v) is 3.93. The maximum Gasteiger partial charge on any atom is 0.0492 e. The van der Waals surface area contributed by atoms with Crippen LogP contribution in [0.5, 0.6) is 0 Å². The zero-order chi connectivity index (χ0) is 19.2. The number of rotatable bonds is 3. The second-order valence-corrected chi connectivity index (χ2v) is 8.32. The summed E-state index contributed by atoms with van der Waals surface area (Å²) in [6.45, 7) is 9.95. The van der Waals surface area contributed by atoms with Crippen LogP contribution in [0.4, 0.5) is 11.4 Å². The summed E-state index contributed by atoms with van der Waals surface area (Å²) in [5.41, 5.74) is 6.58. The van der Waals surface area contributed by atoms with Crippen LogP contribution >= 0.6 is 0 Å². The molecule has 0 N–H and O–H groups in total. The molecule has 27 heavy (non-hydrogen) atoms. The molecule has 0 saturated heterocycles. The first-order valence-electron chi connectivity index (χ1n) is 9.75. The molecule has 0 unspecified atom stereocenters. The predicted molar refractivity (Wildman–Crippen MR) is 118 cm³/mol. The van der Waals surface area contributed by atoms with Crippen molar-refractivity contribution in [3.8, 4) is 0 Å². The summed E-state index contributed by atoms with van der Waals surface area (Å²) in [4.78, 5) is 2.27. The quantitative estimate of drug-likeness (QED) is 0.388. The van der Waals surface area contributed by atoms with E-state index >= 15 is 0 Å². The molecule has 2 nitrogen and oxygen atoms in total. The Morgan fingerprint density at radius 1 is 0.778 bits per heavy atom. The van der Waals surface area contributed by atoms with E-state index in [0.29, 0.717) is 0 Å². The Balaban J connectivity index is 1.79. The van der Waals surface area contributed by atoms with E-state index in [1.54, 1.807) is 0 Å². The molecule has 0 atom stereocenters. The van der Waals surface area contributed by atoms with Gasteiger partial charge in [-0.3, -0.25) is 0 Å². The summed E-state index contributed by atoms with van der Waals surface area (Å²) in [5.74, 6) is 0. The highest BCUT2D eigenvalue weighted by molar-refractivity contribution is 6.09. The lowest BCUT2D eigenvalue weighted by Crippen LogP contribution is -2.13. The maximum absolute atomic E-state index is 2.40. The summed E-state index contributed by atoms with van der Waals surface area (Å²) in [6, 6.07) is 24.4. The van der Waals surface area contributed by atoms with Crippen LogP contribution in [0.3, 0.4) is 0 Å². The molecule has 0 aliphatic carbocycles. The Morgan fingerprint density at radius 2 is 1.41 bits per heavy atom. The minimum atomic E-state index is 0.179. The van der Waals surface area contributed by atoms with Gasteiger partial charge in [-0.15, -0.1) is 0 Å². The standard InChI is InChI=1S/C25H28N2/c1-6-27-23-10-8-7-9-21(23)22-17-20(15-16-24(22)27)26(5)19-13-11-18(12-14-19)25(2,3)4/h7-17H,6H2,1-5H3. The first-order valence-corrected chi connectivity index (χ1v) is 9.75. The van der Waals surface area contributed by atoms with Crippen molar-refractivity contribution < 1.29 is 0 Å². The Kier molecular flexibility index (Phi) is 4.22. The van der Waals surface area contributed by atoms with E-state index in [0.717, 1.165) is 6.54 Å². The van der Waals surface area contributed by atoms with E-state index in [4.69, 9.17) is 0 Å². The number of benzene rings is 3. The lowest BCUT2D eigenvalue weighted by atomic mass is 9.87. The van der Waals surface area contributed by atoms with Gasteiger partial charge in [0.2, 0.25) is 0 Å². The molecule has 0 fully saturated rings. The van der Waals surface area contributed by atoms with E-state index in [1.807, 2.05) is 0 Å². The molecule has 1 aromatic heterocycles. The number of aryl methyl sites for hydroxylation is 1. The Labute approximate surface area is 162 Å². The van der Waals surface area contributed by atoms with Gasteiger partial charge in [-0.2, -0.15) is 0 Å². The highest BCUT2D eigenvalue weighted by Gasteiger charge is 2.15. The average Bonchev–Trinajstić information content (AvgIpc) is 3.00. The number of hydrogen-bond donors (Lipinski definition) is 0. The smallest absolute Gasteiger partial charge is 0.0492 e. The zero-order valence-electron chi connectivity index (χ0n) is 17.0. The fraction of sp³-hybridized carbons (Fsp3) is 0.280. The number of para-hydroxylation sites is 1. The van der Waals surface area contributed by atoms with Crippen molar-refractivity contribution in [2.45, 2.75) is 39.7 Å². The molecule has 1 heterocycles. The van der Waals surface area contributed by atoms with Crippen LogP contribution in [0.15, 0.2) is 66.7 Å². The molecule has 0 amide bonds. The van der Waals surface area contributed by atoms with Gasteiger partial charge in [0.25, 0.3) is 0 Å². The summed E-state index contributed by atoms with van der Waals surface area (Å²) >= 11 is 0. The summed E-state index contributed by atoms with van der Waals surface area (Å²) in [5, 5.41) is 2.65. The topological polar surface area (TPSA) is 8.17 Å². The summed E-state index contributed by atoms with van der Waals surface area (Å²) < 4.78 is 2.40. The molecule has 0 bridgehead atoms. The zero-order valence-corrected chi connectivity index (χ0v) is 17.0. The van der Waals surface area contributed by atoms with Crippen molar-refractivity contribution in [1.29, 1.82) is 0 Å². The van der Waals surface area contributed by atoms with Gasteiger partial charge in [-0.1, -0.05) is 51.1 Å². The van der Waals surface area contributed by atoms with Crippen molar-refractivity contribution in [1.82, 2.24) is 4.57 Å². The van der Waals surface area contributed by atoms with Crippen LogP contribution in [0.1, 0.15) is 33.3 Å². The third kappa shape index (κ3) is 2.99. The molecule has 0 aliphatic rings. The van der Waals surface area contributed by atoms with Crippen LogP contribution in [0.2, 0.25) is 0 Å². The first kappa shape index (κ1) is 17.7. The Morgan fingerprint density at radius 3 is 2.07 bits per heavy atom. The lowest BCUT2D eigenvalue weighted by Gasteiger charge is -2.23. The van der Waals surface area contributed by atoms with E-state index in [9.17, 15) is 0 Å². The minimum Gasteiger partial charge on any atom is -0.345 e. The van der Waals surface area contributed by atoms with Gasteiger partial charge in [-0.25, -0.2) is 0 Å². The molecule has 3 aromatic carbocycles. The molecule has 0 spiro atoms. The van der Waals surface area contributed by atoms with Crippen LogP contribution in [-0.4, -0.2) is 11.6 Å². The van der Waals surface area contributed by atoms with Crippen molar-refractivity contribution in [3.05, 3.63) is 72.3 Å². The fourth-order valence-electron chi connectivity index (χ4n) is 3.93. The van der Waals surface area contributed by atoms with Gasteiger partial charge in [-0.05, 0) is 54.3 Å². The third-order valence-electron chi connectivity index (χ3n) is 5.58. The predicted octanol–water partition coefficient (Wildman–Crippen LogP) is 6.88. The first-order chi connectivity index (χ1) is 12.9. The van der Waals surface area contributed by atoms with Gasteiger partial charge in [0.15, 0.2) is 0 Å². The van der Waals surface area contributed by atoms with Gasteiger partial charge in [0.05, 0.1) is 0 Å². The number of anilines is 2. The van der Waals surface area contributed by atoms with E-state index in [-0.39, 0.29) is 5.41 Å². The molecule has 0 saturated carbocycles. The second-order valence-electron chi connectivity index (χ2n) is 8.32. The molecule has 0 aliphatic heterocycles. The average molecular weight is 357 g/mol. The number of hydrogen-bond acceptors (Lipinski definition) is 1. The minimum absolute atomic E-state index is 0.179. The number of nitrogens with zero attached hydrogens (tertiary/aromatic N) is 2. The van der Waals surface area contributed by atoms with E-state index in [2.05, 4.69) is 111 Å². The van der Waals surface area contributed by atoms with E-state index in [1.165, 1.54) is 38.7 Å². The van der Waals surface area contributed by atoms with Crippen LogP contribution in [0, 0.1) is 0 Å². The van der Waals surface area contributed by atoms with Crippen molar-refractivity contribution in [3.63, 3.8) is 0 Å². The highest BCUT2D eigenvalue weighted by atomic mass is 15.1. The lowest BCUT2D eigenvalue weighted by molar-refractivity contribution is 0.590. The second kappa shape index (κ2) is 6.45. The molecule has 4 rings (SSSR count). The number of aromatic nitrogens is 1. The van der Waals surface area contributed by atoms with Gasteiger partial charge in [0.1, 0.15) is 0 Å². The highest BCUT2D eigenvalue weighted by Crippen LogP contribution is 2.34. The van der Waals surface area contributed by atoms with Gasteiger partial charge >= 0.3 is 0 Å². The maximum atomic E-state index is 2.40. The number of fused-ring (bicyclic) bond motifs is 3. The normalized spacial score (nSPS) is 12.0. The summed E-state index contributed by atoms with van der Waals surface area (Å²) in [6.07, 6.45) is 0. The van der Waals surface area contributed by atoms with Crippen molar-refractivity contribution in [2.75, 3.05) is 11.9 Å². The van der Waals surface area contributed by atoms with Crippen LogP contribution in [0.25, 0.3) is 21.8 Å². The SMILES string of the molecule is CCn1c2ccccc2c2cc(N(C)c3ccc(C(C)(C)C)cc3)ccc21. The molecule has 4 aromatic rings. The van der Waals surface area contributed by atoms with Crippen molar-refractivity contribution >= 4 is 33.2 Å². The largest absolute Gasteiger partial charge is 0.345 e. The monoisotopic (exact) mass is 356 g/mol. The van der Waals surface area contributed by atoms with E-state index < -0.39 is 0 Å². The van der Waals surface area contributed by atoms with Gasteiger partial charge in [0, 0.05) is 46.8 Å². The third-order valence-corrected chi connectivity index (χ3v) is 5.58. The molecule has 0 radical (unpaired) electrons. The van der Waals surface area contributed by atoms with Crippen LogP contribution in [-0.2, 0) is 12.0 Å². The Hall–Kier alpha value is -2.74. The Bertz CT molecular complexity index is 1100. The molecule has 138 valence electrons. The molecular formula is C25H28N2. The molecular weight excluding hydrogens is 328 g/mol. The summed E-state index contributed by atoms with van der Waals surface area (Å²) in [7, 11) is 2.15.